The molecule has 0 radical (unpaired) electrons. The summed E-state index contributed by atoms with van der Waals surface area (Å²) in [6.07, 6.45) is 2.96. The monoisotopic (exact) mass is 292 g/mol. The van der Waals surface area contributed by atoms with Gasteiger partial charge in [0.05, 0.1) is 10.4 Å². The van der Waals surface area contributed by atoms with Crippen LogP contribution >= 0.6 is 34.5 Å². The predicted octanol–water partition coefficient (Wildman–Crippen LogP) is 5.16. The number of hydrogen-bond acceptors (Lipinski definition) is 2. The molecule has 1 aliphatic carbocycles. The highest BCUT2D eigenvalue weighted by Gasteiger charge is 2.31. The van der Waals surface area contributed by atoms with Gasteiger partial charge in [-0.3, -0.25) is 0 Å². The summed E-state index contributed by atoms with van der Waals surface area (Å²) in [5.41, 5.74) is 0.813. The topological polar surface area (TPSA) is 20.2 Å². The quantitative estimate of drug-likeness (QED) is 0.798. The lowest BCUT2D eigenvalue weighted by Crippen LogP contribution is -2.24. The Morgan fingerprint density at radius 3 is 2.29 bits per heavy atom. The molecule has 1 aromatic rings. The number of hydrogen-bond donors (Lipinski definition) is 1. The Balaban J connectivity index is 2.14. The molecule has 3 atom stereocenters. The van der Waals surface area contributed by atoms with Gasteiger partial charge in [0, 0.05) is 5.56 Å². The van der Waals surface area contributed by atoms with E-state index in [4.69, 9.17) is 23.2 Å². The molecule has 1 aliphatic rings. The highest BCUT2D eigenvalue weighted by atomic mass is 35.5. The van der Waals surface area contributed by atoms with Crippen molar-refractivity contribution in [1.29, 1.82) is 0 Å². The van der Waals surface area contributed by atoms with Crippen molar-refractivity contribution in [2.45, 2.75) is 39.2 Å². The summed E-state index contributed by atoms with van der Waals surface area (Å²) >= 11 is 13.4. The minimum Gasteiger partial charge on any atom is -0.388 e. The number of thiophene rings is 1. The Kier molecular flexibility index (Phi) is 4.40. The first-order valence-electron chi connectivity index (χ1n) is 6.10. The van der Waals surface area contributed by atoms with Crippen LogP contribution in [-0.4, -0.2) is 5.11 Å². The second-order valence-electron chi connectivity index (χ2n) is 5.40. The molecule has 1 fully saturated rings. The molecule has 0 aromatic carbocycles. The van der Waals surface area contributed by atoms with Crippen LogP contribution in [0.15, 0.2) is 6.07 Å². The fourth-order valence-electron chi connectivity index (χ4n) is 3.08. The number of aliphatic hydroxyl groups is 1. The van der Waals surface area contributed by atoms with Crippen LogP contribution in [-0.2, 0) is 0 Å². The van der Waals surface area contributed by atoms with Crippen molar-refractivity contribution in [1.82, 2.24) is 0 Å². The summed E-state index contributed by atoms with van der Waals surface area (Å²) in [4.78, 5) is 0. The molecule has 17 heavy (non-hydrogen) atoms. The predicted molar refractivity (Wildman–Crippen MR) is 75.0 cm³/mol. The Labute approximate surface area is 117 Å². The van der Waals surface area contributed by atoms with Crippen molar-refractivity contribution in [3.8, 4) is 0 Å². The van der Waals surface area contributed by atoms with Crippen molar-refractivity contribution < 1.29 is 5.11 Å². The van der Waals surface area contributed by atoms with E-state index in [1.807, 2.05) is 6.07 Å². The van der Waals surface area contributed by atoms with Gasteiger partial charge in [0.25, 0.3) is 0 Å². The molecule has 1 saturated carbocycles. The number of rotatable bonds is 2. The lowest BCUT2D eigenvalue weighted by Gasteiger charge is -2.34. The molecule has 96 valence electrons. The van der Waals surface area contributed by atoms with Crippen LogP contribution in [0.1, 0.15) is 44.8 Å². The Hall–Kier alpha value is 0.240. The van der Waals surface area contributed by atoms with Crippen molar-refractivity contribution >= 4 is 34.5 Å². The highest BCUT2D eigenvalue weighted by Crippen LogP contribution is 2.44. The normalized spacial score (nSPS) is 31.5. The molecular formula is C13H18Cl2OS. The van der Waals surface area contributed by atoms with E-state index in [1.165, 1.54) is 17.8 Å². The third-order valence-electron chi connectivity index (χ3n) is 3.66. The second kappa shape index (κ2) is 5.48. The first-order valence-corrected chi connectivity index (χ1v) is 7.67. The molecule has 0 amide bonds. The zero-order chi connectivity index (χ0) is 12.6. The van der Waals surface area contributed by atoms with Crippen LogP contribution in [0.4, 0.5) is 0 Å². The number of halogens is 2. The van der Waals surface area contributed by atoms with Gasteiger partial charge in [-0.25, -0.2) is 0 Å². The van der Waals surface area contributed by atoms with Crippen LogP contribution in [0.5, 0.6) is 0 Å². The van der Waals surface area contributed by atoms with E-state index >= 15 is 0 Å². The molecule has 0 spiro atoms. The average molecular weight is 293 g/mol. The summed E-state index contributed by atoms with van der Waals surface area (Å²) in [7, 11) is 0. The molecule has 1 heterocycles. The van der Waals surface area contributed by atoms with Gasteiger partial charge < -0.3 is 5.11 Å². The Morgan fingerprint density at radius 1 is 1.24 bits per heavy atom. The van der Waals surface area contributed by atoms with Crippen LogP contribution in [0.2, 0.25) is 8.67 Å². The average Bonchev–Trinajstić information content (AvgIpc) is 2.55. The largest absolute Gasteiger partial charge is 0.388 e. The molecule has 3 unspecified atom stereocenters. The first-order chi connectivity index (χ1) is 7.97. The molecule has 1 aromatic heterocycles. The summed E-state index contributed by atoms with van der Waals surface area (Å²) in [5, 5.41) is 10.4. The molecule has 0 aliphatic heterocycles. The van der Waals surface area contributed by atoms with E-state index in [2.05, 4.69) is 13.8 Å². The lowest BCUT2D eigenvalue weighted by molar-refractivity contribution is 0.0555. The minimum absolute atomic E-state index is 0.317. The molecule has 0 bridgehead atoms. The zero-order valence-corrected chi connectivity index (χ0v) is 12.4. The maximum absolute atomic E-state index is 10.4. The molecular weight excluding hydrogens is 275 g/mol. The maximum Gasteiger partial charge on any atom is 0.100 e. The number of aliphatic hydroxyl groups excluding tert-OH is 1. The van der Waals surface area contributed by atoms with E-state index in [9.17, 15) is 5.11 Å². The standard InChI is InChI=1S/C13H18Cl2OS/c1-7-3-8(2)5-9(4-7)12(16)10-6-11(14)17-13(10)15/h6-9,12,16H,3-5H2,1-2H3. The summed E-state index contributed by atoms with van der Waals surface area (Å²) in [6.45, 7) is 4.52. The van der Waals surface area contributed by atoms with Gasteiger partial charge in [0.15, 0.2) is 0 Å². The van der Waals surface area contributed by atoms with Gasteiger partial charge in [0.1, 0.15) is 4.34 Å². The summed E-state index contributed by atoms with van der Waals surface area (Å²) in [5.74, 6) is 1.69. The van der Waals surface area contributed by atoms with E-state index in [1.54, 1.807) is 0 Å². The second-order valence-corrected chi connectivity index (χ2v) is 7.69. The van der Waals surface area contributed by atoms with Gasteiger partial charge in [0.2, 0.25) is 0 Å². The van der Waals surface area contributed by atoms with Gasteiger partial charge in [-0.2, -0.15) is 0 Å². The van der Waals surface area contributed by atoms with Crippen molar-refractivity contribution in [3.05, 3.63) is 20.3 Å². The zero-order valence-electron chi connectivity index (χ0n) is 10.1. The summed E-state index contributed by atoms with van der Waals surface area (Å²) < 4.78 is 1.29. The van der Waals surface area contributed by atoms with Crippen molar-refractivity contribution in [2.75, 3.05) is 0 Å². The van der Waals surface area contributed by atoms with E-state index in [-0.39, 0.29) is 0 Å². The maximum atomic E-state index is 10.4. The minimum atomic E-state index is -0.462. The fraction of sp³-hybridized carbons (Fsp3) is 0.692. The van der Waals surface area contributed by atoms with Crippen LogP contribution in [0.25, 0.3) is 0 Å². The SMILES string of the molecule is CC1CC(C)CC(C(O)c2cc(Cl)sc2Cl)C1. The van der Waals surface area contributed by atoms with E-state index < -0.39 is 6.10 Å². The van der Waals surface area contributed by atoms with Gasteiger partial charge in [-0.15, -0.1) is 11.3 Å². The Bertz CT molecular complexity index is 381. The third-order valence-corrected chi connectivity index (χ3v) is 5.18. The lowest BCUT2D eigenvalue weighted by atomic mass is 9.73. The first kappa shape index (κ1) is 13.7. The Morgan fingerprint density at radius 2 is 1.82 bits per heavy atom. The molecule has 1 N–H and O–H groups in total. The van der Waals surface area contributed by atoms with Crippen LogP contribution in [0, 0.1) is 17.8 Å². The fourth-order valence-corrected chi connectivity index (χ4v) is 4.61. The van der Waals surface area contributed by atoms with Crippen LogP contribution in [0.3, 0.4) is 0 Å². The van der Waals surface area contributed by atoms with Gasteiger partial charge >= 0.3 is 0 Å². The van der Waals surface area contributed by atoms with E-state index in [0.29, 0.717) is 26.4 Å². The summed E-state index contributed by atoms with van der Waals surface area (Å²) in [6, 6.07) is 1.81. The van der Waals surface area contributed by atoms with Crippen molar-refractivity contribution in [3.63, 3.8) is 0 Å². The third kappa shape index (κ3) is 3.17. The van der Waals surface area contributed by atoms with Crippen LogP contribution < -0.4 is 0 Å². The molecule has 2 rings (SSSR count). The van der Waals surface area contributed by atoms with Gasteiger partial charge in [-0.05, 0) is 43.1 Å². The highest BCUT2D eigenvalue weighted by molar-refractivity contribution is 7.20. The van der Waals surface area contributed by atoms with Gasteiger partial charge in [-0.1, -0.05) is 37.0 Å². The smallest absolute Gasteiger partial charge is 0.100 e. The van der Waals surface area contributed by atoms with Crippen molar-refractivity contribution in [2.24, 2.45) is 17.8 Å². The molecule has 1 nitrogen and oxygen atoms in total. The van der Waals surface area contributed by atoms with E-state index in [0.717, 1.165) is 18.4 Å². The molecule has 4 heteroatoms. The molecule has 0 saturated heterocycles.